The summed E-state index contributed by atoms with van der Waals surface area (Å²) in [7, 11) is 0. The molecule has 0 saturated carbocycles. The van der Waals surface area contributed by atoms with Gasteiger partial charge in [0.05, 0.1) is 18.0 Å². The van der Waals surface area contributed by atoms with E-state index in [-0.39, 0.29) is 23.5 Å². The summed E-state index contributed by atoms with van der Waals surface area (Å²) in [5.41, 5.74) is 6.47. The predicted molar refractivity (Wildman–Crippen MR) is 148 cm³/mol. The van der Waals surface area contributed by atoms with E-state index in [9.17, 15) is 9.90 Å². The van der Waals surface area contributed by atoms with Crippen LogP contribution in [0.3, 0.4) is 0 Å². The molecule has 1 aliphatic rings. The first-order valence-corrected chi connectivity index (χ1v) is 12.8. The van der Waals surface area contributed by atoms with E-state index < -0.39 is 0 Å². The molecule has 2 aromatic heterocycles. The van der Waals surface area contributed by atoms with Crippen molar-refractivity contribution >= 4 is 23.1 Å². The molecule has 192 valence electrons. The molecule has 7 nitrogen and oxygen atoms in total. The molecule has 0 bridgehead atoms. The van der Waals surface area contributed by atoms with Crippen LogP contribution >= 0.6 is 0 Å². The minimum atomic E-state index is -0.212. The maximum Gasteiger partial charge on any atom is 0.258 e. The maximum absolute atomic E-state index is 13.7. The normalized spacial score (nSPS) is 14.2. The van der Waals surface area contributed by atoms with Gasteiger partial charge in [0, 0.05) is 47.4 Å². The molecule has 4 aromatic rings. The van der Waals surface area contributed by atoms with E-state index in [0.29, 0.717) is 29.3 Å². The molecule has 2 N–H and O–H groups in total. The lowest BCUT2D eigenvalue weighted by molar-refractivity contribution is 0.0980. The number of aliphatic hydroxyl groups is 1. The van der Waals surface area contributed by atoms with Crippen LogP contribution in [0.25, 0.3) is 16.9 Å². The Balaban J connectivity index is 1.57. The van der Waals surface area contributed by atoms with Crippen molar-refractivity contribution in [1.29, 1.82) is 0 Å². The molecule has 7 heteroatoms. The summed E-state index contributed by atoms with van der Waals surface area (Å²) in [6, 6.07) is 11.9. The van der Waals surface area contributed by atoms with E-state index in [2.05, 4.69) is 64.0 Å². The second-order valence-electron chi connectivity index (χ2n) is 11.8. The number of amides is 1. The van der Waals surface area contributed by atoms with E-state index >= 15 is 0 Å². The summed E-state index contributed by atoms with van der Waals surface area (Å²) in [5.74, 6) is 0.628. The van der Waals surface area contributed by atoms with Crippen molar-refractivity contribution in [2.75, 3.05) is 16.8 Å². The Morgan fingerprint density at radius 2 is 1.84 bits per heavy atom. The van der Waals surface area contributed by atoms with Gasteiger partial charge < -0.3 is 19.7 Å². The minimum absolute atomic E-state index is 0.0254. The summed E-state index contributed by atoms with van der Waals surface area (Å²) < 4.78 is 1.93. The molecule has 1 amide bonds. The molecule has 0 unspecified atom stereocenters. The van der Waals surface area contributed by atoms with Crippen molar-refractivity contribution in [2.24, 2.45) is 0 Å². The first kappa shape index (κ1) is 25.0. The summed E-state index contributed by atoms with van der Waals surface area (Å²) in [6.07, 6.45) is 6.30. The van der Waals surface area contributed by atoms with E-state index in [4.69, 9.17) is 4.98 Å². The van der Waals surface area contributed by atoms with Crippen LogP contribution in [0, 0.1) is 0 Å². The average molecular weight is 498 g/mol. The third-order valence-corrected chi connectivity index (χ3v) is 6.80. The van der Waals surface area contributed by atoms with Gasteiger partial charge in [-0.15, -0.1) is 0 Å². The zero-order chi connectivity index (χ0) is 26.5. The number of benzene rings is 2. The Labute approximate surface area is 218 Å². The number of anilines is 2. The number of imidazole rings is 1. The number of hydrogen-bond acceptors (Lipinski definition) is 5. The highest BCUT2D eigenvalue weighted by Crippen LogP contribution is 2.35. The molecule has 0 saturated heterocycles. The molecule has 0 atom stereocenters. The van der Waals surface area contributed by atoms with E-state index in [1.807, 2.05) is 41.1 Å². The maximum atomic E-state index is 13.7. The van der Waals surface area contributed by atoms with Crippen molar-refractivity contribution in [1.82, 2.24) is 14.4 Å². The topological polar surface area (TPSA) is 82.8 Å². The largest absolute Gasteiger partial charge is 0.392 e. The molecule has 1 aliphatic heterocycles. The van der Waals surface area contributed by atoms with Crippen LogP contribution in [-0.4, -0.2) is 37.5 Å². The number of fused-ring (bicyclic) bond motifs is 2. The Morgan fingerprint density at radius 1 is 1.05 bits per heavy atom. The number of nitrogens with zero attached hydrogens (tertiary/aromatic N) is 4. The average Bonchev–Trinajstić information content (AvgIpc) is 3.31. The standard InChI is InChI=1S/C30H35N5O2/c1-29(2,3)20-10-11-21-19(16-20)12-14-35(28(21)37)25-9-7-8-22(23(25)18-36)24-17-34-15-13-31-27(34)26(32-24)33-30(4,5)6/h7-11,13,15-17,36H,12,14,18H2,1-6H3,(H,32,33). The van der Waals surface area contributed by atoms with Gasteiger partial charge >= 0.3 is 0 Å². The zero-order valence-corrected chi connectivity index (χ0v) is 22.5. The molecular formula is C30H35N5O2. The van der Waals surface area contributed by atoms with Gasteiger partial charge in [0.15, 0.2) is 11.5 Å². The lowest BCUT2D eigenvalue weighted by Crippen LogP contribution is -2.38. The van der Waals surface area contributed by atoms with Gasteiger partial charge in [-0.2, -0.15) is 0 Å². The highest BCUT2D eigenvalue weighted by molar-refractivity contribution is 6.09. The SMILES string of the molecule is CC(C)(C)Nc1nc(-c2cccc(N3CCc4cc(C(C)(C)C)ccc4C3=O)c2CO)cn2ccnc12. The monoisotopic (exact) mass is 497 g/mol. The van der Waals surface area contributed by atoms with Crippen LogP contribution in [0.4, 0.5) is 11.5 Å². The van der Waals surface area contributed by atoms with Gasteiger partial charge in [0.2, 0.25) is 0 Å². The van der Waals surface area contributed by atoms with Gasteiger partial charge in [-0.25, -0.2) is 9.97 Å². The molecule has 2 aromatic carbocycles. The van der Waals surface area contributed by atoms with Crippen LogP contribution in [0.15, 0.2) is 55.0 Å². The second-order valence-corrected chi connectivity index (χ2v) is 11.8. The summed E-state index contributed by atoms with van der Waals surface area (Å²) >= 11 is 0. The molecule has 37 heavy (non-hydrogen) atoms. The molecule has 3 heterocycles. The van der Waals surface area contributed by atoms with E-state index in [1.54, 1.807) is 11.1 Å². The number of nitrogens with one attached hydrogen (secondary N) is 1. The van der Waals surface area contributed by atoms with Gasteiger partial charge in [-0.3, -0.25) is 4.79 Å². The van der Waals surface area contributed by atoms with E-state index in [1.165, 1.54) is 5.56 Å². The minimum Gasteiger partial charge on any atom is -0.392 e. The Hall–Kier alpha value is -3.71. The fraction of sp³-hybridized carbons (Fsp3) is 0.367. The number of aromatic nitrogens is 3. The molecule has 0 radical (unpaired) electrons. The van der Waals surface area contributed by atoms with Crippen LogP contribution in [-0.2, 0) is 18.4 Å². The van der Waals surface area contributed by atoms with Gasteiger partial charge in [-0.05, 0) is 55.9 Å². The Kier molecular flexibility index (Phi) is 6.07. The third kappa shape index (κ3) is 4.71. The second kappa shape index (κ2) is 8.99. The van der Waals surface area contributed by atoms with Crippen LogP contribution in [0.5, 0.6) is 0 Å². The highest BCUT2D eigenvalue weighted by atomic mass is 16.3. The highest BCUT2D eigenvalue weighted by Gasteiger charge is 2.29. The lowest BCUT2D eigenvalue weighted by Gasteiger charge is -2.32. The van der Waals surface area contributed by atoms with Crippen LogP contribution < -0.4 is 10.2 Å². The molecular weight excluding hydrogens is 462 g/mol. The Morgan fingerprint density at radius 3 is 2.54 bits per heavy atom. The predicted octanol–water partition coefficient (Wildman–Crippen LogP) is 5.60. The van der Waals surface area contributed by atoms with Gasteiger partial charge in [0.1, 0.15) is 0 Å². The first-order valence-electron chi connectivity index (χ1n) is 12.8. The van der Waals surface area contributed by atoms with Gasteiger partial charge in [0.25, 0.3) is 5.91 Å². The van der Waals surface area contributed by atoms with E-state index in [0.717, 1.165) is 28.8 Å². The third-order valence-electron chi connectivity index (χ3n) is 6.80. The smallest absolute Gasteiger partial charge is 0.258 e. The Bertz CT molecular complexity index is 1490. The van der Waals surface area contributed by atoms with Crippen LogP contribution in [0.1, 0.15) is 68.6 Å². The van der Waals surface area contributed by atoms with Crippen LogP contribution in [0.2, 0.25) is 0 Å². The number of rotatable bonds is 4. The molecule has 5 rings (SSSR count). The summed E-state index contributed by atoms with van der Waals surface area (Å²) in [6.45, 7) is 13.1. The van der Waals surface area contributed by atoms with Crippen molar-refractivity contribution in [3.63, 3.8) is 0 Å². The van der Waals surface area contributed by atoms with Crippen molar-refractivity contribution in [2.45, 2.75) is 65.5 Å². The molecule has 0 aliphatic carbocycles. The quantitative estimate of drug-likeness (QED) is 0.384. The van der Waals surface area contributed by atoms with Gasteiger partial charge in [-0.1, -0.05) is 45.0 Å². The number of carbonyl (C=O) groups excluding carboxylic acids is 1. The number of aliphatic hydroxyl groups excluding tert-OH is 1. The zero-order valence-electron chi connectivity index (χ0n) is 22.5. The van der Waals surface area contributed by atoms with Crippen molar-refractivity contribution in [3.8, 4) is 11.3 Å². The lowest BCUT2D eigenvalue weighted by atomic mass is 9.84. The number of carbonyl (C=O) groups is 1. The summed E-state index contributed by atoms with van der Waals surface area (Å²) in [4.78, 5) is 24.8. The number of hydrogen-bond donors (Lipinski definition) is 2. The summed E-state index contributed by atoms with van der Waals surface area (Å²) in [5, 5.41) is 14.0. The van der Waals surface area contributed by atoms with Crippen molar-refractivity contribution in [3.05, 3.63) is 77.2 Å². The fourth-order valence-corrected chi connectivity index (χ4v) is 4.92. The fourth-order valence-electron chi connectivity index (χ4n) is 4.92. The molecule has 0 spiro atoms. The van der Waals surface area contributed by atoms with Crippen molar-refractivity contribution < 1.29 is 9.90 Å². The first-order chi connectivity index (χ1) is 17.5. The molecule has 0 fully saturated rings.